The highest BCUT2D eigenvalue weighted by atomic mass is 32.2. The first-order valence-corrected chi connectivity index (χ1v) is 13.9. The molecule has 0 aliphatic carbocycles. The number of rotatable bonds is 8. The molecule has 0 bridgehead atoms. The van der Waals surface area contributed by atoms with Gasteiger partial charge in [-0.25, -0.2) is 4.98 Å². The Balaban J connectivity index is 1.47. The normalized spacial score (nSPS) is 15.8. The van der Waals surface area contributed by atoms with E-state index in [1.54, 1.807) is 12.1 Å². The molecule has 0 radical (unpaired) electrons. The molecule has 1 aliphatic rings. The van der Waals surface area contributed by atoms with Crippen molar-refractivity contribution in [2.45, 2.75) is 25.9 Å². The van der Waals surface area contributed by atoms with Gasteiger partial charge in [0, 0.05) is 38.4 Å². The van der Waals surface area contributed by atoms with E-state index in [1.165, 1.54) is 12.1 Å². The van der Waals surface area contributed by atoms with E-state index in [1.807, 2.05) is 64.9 Å². The number of ether oxygens (including phenoxy) is 2. The summed E-state index contributed by atoms with van der Waals surface area (Å²) in [6, 6.07) is 20.7. The third-order valence-corrected chi connectivity index (χ3v) is 7.63. The highest BCUT2D eigenvalue weighted by molar-refractivity contribution is 7.83. The van der Waals surface area contributed by atoms with Crippen LogP contribution in [0.3, 0.4) is 0 Å². The summed E-state index contributed by atoms with van der Waals surface area (Å²) in [6.07, 6.45) is -5.23. The summed E-state index contributed by atoms with van der Waals surface area (Å²) >= 11 is 0. The number of hydrogen-bond donors (Lipinski definition) is 1. The number of alkyl halides is 3. The molecule has 1 aromatic heterocycles. The second kappa shape index (κ2) is 11.0. The van der Waals surface area contributed by atoms with Gasteiger partial charge in [0.25, 0.3) is 0 Å². The van der Waals surface area contributed by atoms with Crippen LogP contribution >= 0.6 is 0 Å². The van der Waals surface area contributed by atoms with Crippen molar-refractivity contribution in [3.8, 4) is 11.5 Å². The summed E-state index contributed by atoms with van der Waals surface area (Å²) in [7, 11) is -4.25. The van der Waals surface area contributed by atoms with E-state index in [4.69, 9.17) is 9.72 Å². The summed E-state index contributed by atoms with van der Waals surface area (Å²) in [5.74, 6) is 0.988. The van der Waals surface area contributed by atoms with Gasteiger partial charge in [-0.1, -0.05) is 30.3 Å². The van der Waals surface area contributed by atoms with Gasteiger partial charge in [-0.3, -0.25) is 4.55 Å². The van der Waals surface area contributed by atoms with Crippen molar-refractivity contribution in [1.29, 1.82) is 0 Å². The van der Waals surface area contributed by atoms with Gasteiger partial charge in [-0.05, 0) is 55.0 Å². The molecular formula is C27H27F3N4O5S. The number of fused-ring (bicyclic) bond motifs is 1. The molecular weight excluding hydrogens is 549 g/mol. The maximum Gasteiger partial charge on any atom is 0.573 e. The van der Waals surface area contributed by atoms with Crippen LogP contribution in [0, 0.1) is 0 Å². The first-order valence-electron chi connectivity index (χ1n) is 12.5. The minimum absolute atomic E-state index is 0.148. The van der Waals surface area contributed by atoms with E-state index >= 15 is 0 Å². The van der Waals surface area contributed by atoms with Crippen LogP contribution in [-0.2, 0) is 16.8 Å². The average Bonchev–Trinajstić information content (AvgIpc) is 3.27. The lowest BCUT2D eigenvalue weighted by molar-refractivity contribution is -0.274. The standard InChI is InChI=1S/C27H27F3N4O5S/c1-19(38-22-5-3-2-4-6-22)26-31-24-12-9-21(32-13-15-33(16-14-32)40(35,36)37)17-25(24)34(26)18-20-7-10-23(11-8-20)39-27(28,29)30/h2-12,17,19H,13-16,18H2,1H3,(H,35,36,37). The zero-order valence-corrected chi connectivity index (χ0v) is 22.3. The third-order valence-electron chi connectivity index (χ3n) is 6.61. The summed E-state index contributed by atoms with van der Waals surface area (Å²) < 4.78 is 83.3. The molecule has 1 aliphatic heterocycles. The lowest BCUT2D eigenvalue weighted by atomic mass is 10.2. The third kappa shape index (κ3) is 6.49. The molecule has 9 nitrogen and oxygen atoms in total. The molecule has 1 saturated heterocycles. The van der Waals surface area contributed by atoms with Crippen molar-refractivity contribution in [2.75, 3.05) is 31.1 Å². The maximum absolute atomic E-state index is 12.6. The Kier molecular flexibility index (Phi) is 7.62. The molecule has 1 N–H and O–H groups in total. The van der Waals surface area contributed by atoms with E-state index < -0.39 is 22.8 Å². The molecule has 3 aromatic carbocycles. The van der Waals surface area contributed by atoms with Crippen molar-refractivity contribution in [3.05, 3.63) is 84.2 Å². The number of nitrogens with zero attached hydrogens (tertiary/aromatic N) is 4. The molecule has 40 heavy (non-hydrogen) atoms. The zero-order chi connectivity index (χ0) is 28.5. The lowest BCUT2D eigenvalue weighted by Crippen LogP contribution is -2.48. The van der Waals surface area contributed by atoms with Gasteiger partial charge in [0.1, 0.15) is 11.5 Å². The lowest BCUT2D eigenvalue weighted by Gasteiger charge is -2.34. The van der Waals surface area contributed by atoms with Gasteiger partial charge in [0.2, 0.25) is 0 Å². The van der Waals surface area contributed by atoms with Crippen LogP contribution in [0.2, 0.25) is 0 Å². The summed E-state index contributed by atoms with van der Waals surface area (Å²) in [5, 5.41) is 0. The van der Waals surface area contributed by atoms with E-state index in [9.17, 15) is 26.1 Å². The number of benzene rings is 3. The number of piperazine rings is 1. The molecule has 0 amide bonds. The van der Waals surface area contributed by atoms with Gasteiger partial charge in [0.05, 0.1) is 11.0 Å². The van der Waals surface area contributed by atoms with Crippen LogP contribution in [0.1, 0.15) is 24.4 Å². The Morgan fingerprint density at radius 3 is 2.25 bits per heavy atom. The minimum atomic E-state index is -4.78. The van der Waals surface area contributed by atoms with Crippen molar-refractivity contribution >= 4 is 27.0 Å². The maximum atomic E-state index is 12.6. The van der Waals surface area contributed by atoms with Crippen molar-refractivity contribution in [2.24, 2.45) is 0 Å². The molecule has 1 atom stereocenters. The molecule has 5 rings (SSSR count). The topological polar surface area (TPSA) is 97.1 Å². The van der Waals surface area contributed by atoms with E-state index in [2.05, 4.69) is 4.74 Å². The van der Waals surface area contributed by atoms with E-state index in [0.717, 1.165) is 21.1 Å². The van der Waals surface area contributed by atoms with Gasteiger partial charge in [-0.15, -0.1) is 13.2 Å². The second-order valence-corrected chi connectivity index (χ2v) is 10.8. The molecule has 4 aromatic rings. The molecule has 212 valence electrons. The highest BCUT2D eigenvalue weighted by Crippen LogP contribution is 2.30. The Morgan fingerprint density at radius 1 is 0.950 bits per heavy atom. The molecule has 1 fully saturated rings. The number of para-hydroxylation sites is 1. The largest absolute Gasteiger partial charge is 0.573 e. The van der Waals surface area contributed by atoms with Gasteiger partial charge >= 0.3 is 16.7 Å². The van der Waals surface area contributed by atoms with Crippen LogP contribution in [-0.4, -0.2) is 59.4 Å². The number of halogens is 3. The van der Waals surface area contributed by atoms with Crippen molar-refractivity contribution in [1.82, 2.24) is 13.9 Å². The van der Waals surface area contributed by atoms with E-state index in [-0.39, 0.29) is 18.8 Å². The van der Waals surface area contributed by atoms with E-state index in [0.29, 0.717) is 36.7 Å². The first kappa shape index (κ1) is 27.7. The predicted molar refractivity (Wildman–Crippen MR) is 143 cm³/mol. The minimum Gasteiger partial charge on any atom is -0.483 e. The molecule has 1 unspecified atom stereocenters. The summed E-state index contributed by atoms with van der Waals surface area (Å²) in [6.45, 7) is 3.26. The van der Waals surface area contributed by atoms with Gasteiger partial charge in [-0.2, -0.15) is 12.7 Å². The van der Waals surface area contributed by atoms with Gasteiger partial charge < -0.3 is 18.9 Å². The Hall–Kier alpha value is -3.81. The molecule has 13 heteroatoms. The number of imidazole rings is 1. The smallest absolute Gasteiger partial charge is 0.483 e. The fourth-order valence-corrected chi connectivity index (χ4v) is 5.34. The Labute approximate surface area is 229 Å². The summed E-state index contributed by atoms with van der Waals surface area (Å²) in [5.41, 5.74) is 3.06. The van der Waals surface area contributed by atoms with Crippen LogP contribution < -0.4 is 14.4 Å². The zero-order valence-electron chi connectivity index (χ0n) is 21.5. The molecule has 0 saturated carbocycles. The number of hydrogen-bond acceptors (Lipinski definition) is 6. The van der Waals surface area contributed by atoms with Crippen LogP contribution in [0.4, 0.5) is 18.9 Å². The predicted octanol–water partition coefficient (Wildman–Crippen LogP) is 5.05. The fraction of sp³-hybridized carbons (Fsp3) is 0.296. The van der Waals surface area contributed by atoms with Crippen molar-refractivity contribution < 1.29 is 35.6 Å². The van der Waals surface area contributed by atoms with Crippen LogP contribution in [0.25, 0.3) is 11.0 Å². The number of aromatic nitrogens is 2. The Morgan fingerprint density at radius 2 is 1.62 bits per heavy atom. The SMILES string of the molecule is CC(Oc1ccccc1)c1nc2ccc(N3CCN(S(=O)(=O)O)CC3)cc2n1Cc1ccc(OC(F)(F)F)cc1. The molecule has 0 spiro atoms. The van der Waals surface area contributed by atoms with Crippen LogP contribution in [0.15, 0.2) is 72.8 Å². The quantitative estimate of drug-likeness (QED) is 0.293. The molecule has 2 heterocycles. The van der Waals surface area contributed by atoms with Crippen molar-refractivity contribution in [3.63, 3.8) is 0 Å². The Bertz CT molecular complexity index is 1570. The average molecular weight is 577 g/mol. The van der Waals surface area contributed by atoms with Crippen LogP contribution in [0.5, 0.6) is 11.5 Å². The highest BCUT2D eigenvalue weighted by Gasteiger charge is 2.31. The monoisotopic (exact) mass is 576 g/mol. The fourth-order valence-electron chi connectivity index (χ4n) is 4.71. The first-order chi connectivity index (χ1) is 19.0. The number of anilines is 1. The summed E-state index contributed by atoms with van der Waals surface area (Å²) in [4.78, 5) is 6.85. The second-order valence-electron chi connectivity index (χ2n) is 9.36. The van der Waals surface area contributed by atoms with Gasteiger partial charge in [0.15, 0.2) is 11.9 Å².